The molecule has 0 amide bonds. The van der Waals surface area contributed by atoms with E-state index in [1.165, 1.54) is 19.3 Å². The van der Waals surface area contributed by atoms with E-state index < -0.39 is 0 Å². The van der Waals surface area contributed by atoms with Gasteiger partial charge in [-0.3, -0.25) is 0 Å². The van der Waals surface area contributed by atoms with Crippen LogP contribution < -0.4 is 16.6 Å². The van der Waals surface area contributed by atoms with Crippen LogP contribution in [0.15, 0.2) is 6.07 Å². The van der Waals surface area contributed by atoms with Crippen LogP contribution in [0.5, 0.6) is 0 Å². The molecule has 1 unspecified atom stereocenters. The topological polar surface area (TPSA) is 75.9 Å². The molecule has 4 N–H and O–H groups in total. The van der Waals surface area contributed by atoms with Gasteiger partial charge in [0.2, 0.25) is 0 Å². The lowest BCUT2D eigenvalue weighted by molar-refractivity contribution is 0.378. The van der Waals surface area contributed by atoms with E-state index in [-0.39, 0.29) is 5.41 Å². The molecule has 1 aromatic heterocycles. The first-order valence-electron chi connectivity index (χ1n) is 7.32. The number of nitrogens with two attached hydrogens (primary N) is 1. The van der Waals surface area contributed by atoms with Crippen molar-refractivity contribution in [2.75, 3.05) is 10.7 Å². The number of hydrogen-bond donors (Lipinski definition) is 3. The van der Waals surface area contributed by atoms with Gasteiger partial charge in [-0.1, -0.05) is 34.6 Å². The number of nitrogen functional groups attached to an aromatic ring is 1. The zero-order valence-electron chi connectivity index (χ0n) is 13.2. The Hall–Kier alpha value is -1.36. The van der Waals surface area contributed by atoms with Crippen LogP contribution in [-0.2, 0) is 5.41 Å². The zero-order valence-corrected chi connectivity index (χ0v) is 13.2. The fourth-order valence-electron chi connectivity index (χ4n) is 2.70. The highest BCUT2D eigenvalue weighted by molar-refractivity contribution is 5.48. The third-order valence-corrected chi connectivity index (χ3v) is 3.87. The number of anilines is 2. The molecule has 1 fully saturated rings. The Kier molecular flexibility index (Phi) is 3.91. The van der Waals surface area contributed by atoms with Gasteiger partial charge >= 0.3 is 0 Å². The number of aromatic nitrogens is 2. The van der Waals surface area contributed by atoms with Crippen LogP contribution in [0.4, 0.5) is 11.6 Å². The second-order valence-electron chi connectivity index (χ2n) is 7.60. The van der Waals surface area contributed by atoms with Crippen molar-refractivity contribution in [1.29, 1.82) is 0 Å². The lowest BCUT2D eigenvalue weighted by Crippen LogP contribution is -2.23. The fourth-order valence-corrected chi connectivity index (χ4v) is 2.70. The average molecular weight is 277 g/mol. The molecule has 0 aromatic carbocycles. The second-order valence-corrected chi connectivity index (χ2v) is 7.60. The van der Waals surface area contributed by atoms with Gasteiger partial charge in [0.15, 0.2) is 0 Å². The average Bonchev–Trinajstić information content (AvgIpc) is 2.67. The van der Waals surface area contributed by atoms with Crippen molar-refractivity contribution in [3.63, 3.8) is 0 Å². The van der Waals surface area contributed by atoms with Crippen LogP contribution in [-0.4, -0.2) is 16.0 Å². The molecule has 1 saturated carbocycles. The van der Waals surface area contributed by atoms with E-state index in [9.17, 15) is 0 Å². The van der Waals surface area contributed by atoms with Gasteiger partial charge in [-0.15, -0.1) is 0 Å². The summed E-state index contributed by atoms with van der Waals surface area (Å²) in [7, 11) is 0. The number of hydrogen-bond acceptors (Lipinski definition) is 5. The second kappa shape index (κ2) is 5.20. The summed E-state index contributed by atoms with van der Waals surface area (Å²) < 4.78 is 0. The largest absolute Gasteiger partial charge is 0.367 e. The van der Waals surface area contributed by atoms with Crippen molar-refractivity contribution in [3.05, 3.63) is 11.9 Å². The van der Waals surface area contributed by atoms with E-state index >= 15 is 0 Å². The summed E-state index contributed by atoms with van der Waals surface area (Å²) in [6, 6.07) is 2.36. The summed E-state index contributed by atoms with van der Waals surface area (Å²) in [5.74, 6) is 7.83. The molecule has 1 aliphatic rings. The number of hydrazine groups is 1. The monoisotopic (exact) mass is 277 g/mol. The van der Waals surface area contributed by atoms with Gasteiger partial charge in [0.05, 0.1) is 0 Å². The summed E-state index contributed by atoms with van der Waals surface area (Å²) in [5.41, 5.74) is 2.95. The highest BCUT2D eigenvalue weighted by Gasteiger charge is 2.31. The van der Waals surface area contributed by atoms with Gasteiger partial charge in [0.25, 0.3) is 0 Å². The summed E-state index contributed by atoms with van der Waals surface area (Å²) >= 11 is 0. The van der Waals surface area contributed by atoms with Crippen LogP contribution in [0.25, 0.3) is 0 Å². The van der Waals surface area contributed by atoms with Crippen molar-refractivity contribution < 1.29 is 0 Å². The molecule has 20 heavy (non-hydrogen) atoms. The van der Waals surface area contributed by atoms with Gasteiger partial charge in [-0.25, -0.2) is 15.8 Å². The normalized spacial score (nSPS) is 21.8. The van der Waals surface area contributed by atoms with Crippen molar-refractivity contribution in [2.24, 2.45) is 11.3 Å². The fraction of sp³-hybridized carbons (Fsp3) is 0.733. The molecule has 1 heterocycles. The Balaban J connectivity index is 2.19. The van der Waals surface area contributed by atoms with Crippen molar-refractivity contribution in [1.82, 2.24) is 9.97 Å². The third-order valence-electron chi connectivity index (χ3n) is 3.87. The molecule has 1 aromatic rings. The molecule has 0 aliphatic heterocycles. The predicted molar refractivity (Wildman–Crippen MR) is 83.6 cm³/mol. The molecule has 1 atom stereocenters. The number of nitrogens with zero attached hydrogens (tertiary/aromatic N) is 2. The SMILES string of the molecule is CC1(C)CCC(Nc2cc(NN)nc(C(C)(C)C)n2)C1. The van der Waals surface area contributed by atoms with Crippen molar-refractivity contribution in [3.8, 4) is 0 Å². The van der Waals surface area contributed by atoms with Crippen LogP contribution in [0.2, 0.25) is 0 Å². The molecule has 0 saturated heterocycles. The Morgan fingerprint density at radius 2 is 1.90 bits per heavy atom. The van der Waals surface area contributed by atoms with E-state index in [1.807, 2.05) is 6.07 Å². The molecule has 5 heteroatoms. The van der Waals surface area contributed by atoms with Crippen molar-refractivity contribution in [2.45, 2.75) is 65.3 Å². The smallest absolute Gasteiger partial charge is 0.145 e. The first kappa shape index (κ1) is 15.0. The minimum absolute atomic E-state index is 0.0990. The Morgan fingerprint density at radius 1 is 1.25 bits per heavy atom. The highest BCUT2D eigenvalue weighted by Crippen LogP contribution is 2.38. The molecule has 0 radical (unpaired) electrons. The predicted octanol–water partition coefficient (Wildman–Crippen LogP) is 3.05. The maximum absolute atomic E-state index is 5.51. The lowest BCUT2D eigenvalue weighted by Gasteiger charge is -2.21. The van der Waals surface area contributed by atoms with Crippen molar-refractivity contribution >= 4 is 11.6 Å². The minimum Gasteiger partial charge on any atom is -0.367 e. The Morgan fingerprint density at radius 3 is 2.40 bits per heavy atom. The van der Waals surface area contributed by atoms with Crippen LogP contribution in [0, 0.1) is 5.41 Å². The molecule has 0 spiro atoms. The molecule has 1 aliphatic carbocycles. The van der Waals surface area contributed by atoms with Crippen LogP contribution in [0.3, 0.4) is 0 Å². The van der Waals surface area contributed by atoms with Gasteiger partial charge in [-0.05, 0) is 24.7 Å². The summed E-state index contributed by atoms with van der Waals surface area (Å²) in [4.78, 5) is 9.09. The van der Waals surface area contributed by atoms with Gasteiger partial charge in [0, 0.05) is 17.5 Å². The maximum atomic E-state index is 5.51. The quantitative estimate of drug-likeness (QED) is 0.585. The van der Waals surface area contributed by atoms with E-state index in [1.54, 1.807) is 0 Å². The van der Waals surface area contributed by atoms with E-state index in [2.05, 4.69) is 55.3 Å². The zero-order chi connectivity index (χ0) is 15.0. The van der Waals surface area contributed by atoms with E-state index in [4.69, 9.17) is 5.84 Å². The van der Waals surface area contributed by atoms with Gasteiger partial charge in [-0.2, -0.15) is 0 Å². The van der Waals surface area contributed by atoms with Crippen LogP contribution >= 0.6 is 0 Å². The third kappa shape index (κ3) is 3.60. The molecule has 5 nitrogen and oxygen atoms in total. The molecule has 2 rings (SSSR count). The van der Waals surface area contributed by atoms with E-state index in [0.717, 1.165) is 11.6 Å². The highest BCUT2D eigenvalue weighted by atomic mass is 15.3. The number of rotatable bonds is 3. The standard InChI is InChI=1S/C15H27N5/c1-14(2,3)13-18-11(8-12(19-13)20-16)17-10-6-7-15(4,5)9-10/h8,10H,6-7,9,16H2,1-5H3,(H2,17,18,19,20). The molecular formula is C15H27N5. The Bertz CT molecular complexity index is 476. The van der Waals surface area contributed by atoms with Gasteiger partial charge in [0.1, 0.15) is 17.5 Å². The first-order valence-corrected chi connectivity index (χ1v) is 7.32. The van der Waals surface area contributed by atoms with Crippen LogP contribution in [0.1, 0.15) is 59.7 Å². The van der Waals surface area contributed by atoms with E-state index in [0.29, 0.717) is 17.3 Å². The lowest BCUT2D eigenvalue weighted by atomic mass is 9.92. The maximum Gasteiger partial charge on any atom is 0.145 e. The first-order chi connectivity index (χ1) is 9.19. The summed E-state index contributed by atoms with van der Waals surface area (Å²) in [6.45, 7) is 10.9. The minimum atomic E-state index is -0.0990. The molecule has 0 bridgehead atoms. The summed E-state index contributed by atoms with van der Waals surface area (Å²) in [6.07, 6.45) is 3.62. The van der Waals surface area contributed by atoms with Gasteiger partial charge < -0.3 is 10.7 Å². The number of nitrogens with one attached hydrogen (secondary N) is 2. The molecular weight excluding hydrogens is 250 g/mol. The summed E-state index contributed by atoms with van der Waals surface area (Å²) in [5, 5.41) is 3.54. The Labute approximate surface area is 121 Å². The molecule has 112 valence electrons.